The average molecular weight is 272 g/mol. The van der Waals surface area contributed by atoms with Crippen LogP contribution in [0.25, 0.3) is 0 Å². The third kappa shape index (κ3) is 2.03. The zero-order valence-electron chi connectivity index (χ0n) is 9.50. The average Bonchev–Trinajstić information content (AvgIpc) is 2.98. The highest BCUT2D eigenvalue weighted by Crippen LogP contribution is 2.30. The van der Waals surface area contributed by atoms with Gasteiger partial charge in [-0.15, -0.1) is 11.3 Å². The highest BCUT2D eigenvalue weighted by atomic mass is 32.2. The molecule has 1 N–H and O–H groups in total. The van der Waals surface area contributed by atoms with Gasteiger partial charge in [-0.25, -0.2) is 8.42 Å². The molecule has 2 atom stereocenters. The van der Waals surface area contributed by atoms with Crippen LogP contribution in [0.5, 0.6) is 0 Å². The molecule has 2 saturated heterocycles. The van der Waals surface area contributed by atoms with E-state index in [4.69, 9.17) is 0 Å². The Morgan fingerprint density at radius 2 is 2.29 bits per heavy atom. The maximum atomic E-state index is 12.3. The van der Waals surface area contributed by atoms with E-state index in [9.17, 15) is 8.42 Å². The van der Waals surface area contributed by atoms with Gasteiger partial charge in [-0.05, 0) is 36.8 Å². The van der Waals surface area contributed by atoms with Gasteiger partial charge in [0.2, 0.25) is 0 Å². The summed E-state index contributed by atoms with van der Waals surface area (Å²) in [5.74, 6) is 0.499. The molecule has 6 heteroatoms. The smallest absolute Gasteiger partial charge is 0.252 e. The Hall–Kier alpha value is -0.430. The number of hydrogen-bond acceptors (Lipinski definition) is 4. The fourth-order valence-electron chi connectivity index (χ4n) is 2.74. The van der Waals surface area contributed by atoms with Crippen LogP contribution >= 0.6 is 11.3 Å². The SMILES string of the molecule is O=S(=O)(c1cccs1)N1CC2CCCNC2C1. The summed E-state index contributed by atoms with van der Waals surface area (Å²) in [4.78, 5) is 0. The Kier molecular flexibility index (Phi) is 2.98. The first kappa shape index (κ1) is 11.6. The van der Waals surface area contributed by atoms with Crippen molar-refractivity contribution in [2.75, 3.05) is 19.6 Å². The highest BCUT2D eigenvalue weighted by Gasteiger charge is 2.40. The van der Waals surface area contributed by atoms with Crippen molar-refractivity contribution in [2.45, 2.75) is 23.1 Å². The summed E-state index contributed by atoms with van der Waals surface area (Å²) in [6.45, 7) is 2.33. The Morgan fingerprint density at radius 3 is 3.00 bits per heavy atom. The second kappa shape index (κ2) is 4.35. The molecule has 0 saturated carbocycles. The first-order valence-electron chi connectivity index (χ1n) is 5.95. The van der Waals surface area contributed by atoms with Crippen LogP contribution < -0.4 is 5.32 Å². The minimum Gasteiger partial charge on any atom is -0.312 e. The van der Waals surface area contributed by atoms with Gasteiger partial charge in [0.05, 0.1) is 0 Å². The van der Waals surface area contributed by atoms with Gasteiger partial charge in [0.1, 0.15) is 4.21 Å². The van der Waals surface area contributed by atoms with Crippen LogP contribution in [0.15, 0.2) is 21.7 Å². The predicted molar refractivity (Wildman–Crippen MR) is 67.6 cm³/mol. The van der Waals surface area contributed by atoms with Crippen LogP contribution in [-0.4, -0.2) is 38.4 Å². The molecule has 1 aromatic heterocycles. The molecule has 0 spiro atoms. The first-order valence-corrected chi connectivity index (χ1v) is 8.27. The molecule has 0 bridgehead atoms. The Balaban J connectivity index is 1.82. The van der Waals surface area contributed by atoms with Gasteiger partial charge < -0.3 is 5.32 Å². The molecule has 4 nitrogen and oxygen atoms in total. The van der Waals surface area contributed by atoms with Crippen LogP contribution in [0.1, 0.15) is 12.8 Å². The van der Waals surface area contributed by atoms with E-state index < -0.39 is 10.0 Å². The standard InChI is InChI=1S/C11H16N2O2S2/c14-17(15,11-4-2-6-16-11)13-7-9-3-1-5-12-10(9)8-13/h2,4,6,9-10,12H,1,3,5,7-8H2. The summed E-state index contributed by atoms with van der Waals surface area (Å²) in [5, 5.41) is 5.24. The Labute approximate surface area is 106 Å². The quantitative estimate of drug-likeness (QED) is 0.878. The maximum absolute atomic E-state index is 12.3. The van der Waals surface area contributed by atoms with E-state index in [1.807, 2.05) is 5.38 Å². The normalized spacial score (nSPS) is 30.4. The summed E-state index contributed by atoms with van der Waals surface area (Å²) < 4.78 is 26.8. The van der Waals surface area contributed by atoms with Gasteiger partial charge >= 0.3 is 0 Å². The highest BCUT2D eigenvalue weighted by molar-refractivity contribution is 7.91. The number of nitrogens with one attached hydrogen (secondary N) is 1. The molecule has 0 aromatic carbocycles. The molecule has 2 fully saturated rings. The molecular formula is C11H16N2O2S2. The van der Waals surface area contributed by atoms with E-state index >= 15 is 0 Å². The fraction of sp³-hybridized carbons (Fsp3) is 0.636. The number of nitrogens with zero attached hydrogens (tertiary/aromatic N) is 1. The molecule has 0 radical (unpaired) electrons. The molecule has 2 aliphatic heterocycles. The molecule has 2 aliphatic rings. The van der Waals surface area contributed by atoms with Gasteiger partial charge in [0.15, 0.2) is 0 Å². The van der Waals surface area contributed by atoms with Crippen LogP contribution in [-0.2, 0) is 10.0 Å². The second-order valence-corrected chi connectivity index (χ2v) is 7.83. The minimum atomic E-state index is -3.24. The third-order valence-corrected chi connectivity index (χ3v) is 6.86. The zero-order chi connectivity index (χ0) is 11.9. The van der Waals surface area contributed by atoms with Gasteiger partial charge in [-0.3, -0.25) is 0 Å². The van der Waals surface area contributed by atoms with Gasteiger partial charge in [-0.1, -0.05) is 6.07 Å². The van der Waals surface area contributed by atoms with Gasteiger partial charge in [0, 0.05) is 19.1 Å². The van der Waals surface area contributed by atoms with Crippen molar-refractivity contribution in [1.82, 2.24) is 9.62 Å². The fourth-order valence-corrected chi connectivity index (χ4v) is 5.41. The molecule has 94 valence electrons. The lowest BCUT2D eigenvalue weighted by atomic mass is 9.94. The molecule has 3 heterocycles. The van der Waals surface area contributed by atoms with E-state index in [0.29, 0.717) is 29.3 Å². The van der Waals surface area contributed by atoms with Crippen molar-refractivity contribution < 1.29 is 8.42 Å². The summed E-state index contributed by atoms with van der Waals surface area (Å²) in [6.07, 6.45) is 2.31. The molecule has 0 aliphatic carbocycles. The molecule has 0 amide bonds. The van der Waals surface area contributed by atoms with Crippen LogP contribution in [0.2, 0.25) is 0 Å². The van der Waals surface area contributed by atoms with Crippen molar-refractivity contribution in [3.05, 3.63) is 17.5 Å². The lowest BCUT2D eigenvalue weighted by Gasteiger charge is -2.24. The van der Waals surface area contributed by atoms with E-state index in [0.717, 1.165) is 19.4 Å². The Morgan fingerprint density at radius 1 is 1.41 bits per heavy atom. The number of sulfonamides is 1. The molecule has 17 heavy (non-hydrogen) atoms. The topological polar surface area (TPSA) is 49.4 Å². The summed E-state index contributed by atoms with van der Waals surface area (Å²) in [6, 6.07) is 3.84. The van der Waals surface area contributed by atoms with Crippen molar-refractivity contribution in [3.63, 3.8) is 0 Å². The molecule has 1 aromatic rings. The van der Waals surface area contributed by atoms with Gasteiger partial charge in [0.25, 0.3) is 10.0 Å². The van der Waals surface area contributed by atoms with Crippen molar-refractivity contribution in [1.29, 1.82) is 0 Å². The molecule has 2 unspecified atom stereocenters. The third-order valence-electron chi connectivity index (χ3n) is 3.65. The lowest BCUT2D eigenvalue weighted by Crippen LogP contribution is -2.41. The maximum Gasteiger partial charge on any atom is 0.252 e. The van der Waals surface area contributed by atoms with Crippen LogP contribution in [0.4, 0.5) is 0 Å². The largest absolute Gasteiger partial charge is 0.312 e. The second-order valence-electron chi connectivity index (χ2n) is 4.72. The molecule has 3 rings (SSSR count). The molecular weight excluding hydrogens is 256 g/mol. The van der Waals surface area contributed by atoms with Crippen LogP contribution in [0.3, 0.4) is 0 Å². The number of rotatable bonds is 2. The lowest BCUT2D eigenvalue weighted by molar-refractivity contribution is 0.339. The Bertz CT molecular complexity index is 470. The van der Waals surface area contributed by atoms with Crippen molar-refractivity contribution in [2.24, 2.45) is 5.92 Å². The van der Waals surface area contributed by atoms with E-state index in [-0.39, 0.29) is 0 Å². The predicted octanol–water partition coefficient (Wildman–Crippen LogP) is 1.12. The number of piperidine rings is 1. The number of thiophene rings is 1. The summed E-state index contributed by atoms with van der Waals surface area (Å²) in [5.41, 5.74) is 0. The van der Waals surface area contributed by atoms with E-state index in [1.165, 1.54) is 11.3 Å². The van der Waals surface area contributed by atoms with E-state index in [2.05, 4.69) is 5.32 Å². The van der Waals surface area contributed by atoms with Crippen molar-refractivity contribution in [3.8, 4) is 0 Å². The number of fused-ring (bicyclic) bond motifs is 1. The summed E-state index contributed by atoms with van der Waals surface area (Å²) >= 11 is 1.30. The monoisotopic (exact) mass is 272 g/mol. The minimum absolute atomic E-state index is 0.360. The summed E-state index contributed by atoms with van der Waals surface area (Å²) in [7, 11) is -3.24. The van der Waals surface area contributed by atoms with Gasteiger partial charge in [-0.2, -0.15) is 4.31 Å². The first-order chi connectivity index (χ1) is 8.18. The zero-order valence-corrected chi connectivity index (χ0v) is 11.1. The number of hydrogen-bond donors (Lipinski definition) is 1. The van der Waals surface area contributed by atoms with Crippen molar-refractivity contribution >= 4 is 21.4 Å². The van der Waals surface area contributed by atoms with Crippen LogP contribution in [0, 0.1) is 5.92 Å². The van der Waals surface area contributed by atoms with E-state index in [1.54, 1.807) is 16.4 Å².